The number of esters is 2. The summed E-state index contributed by atoms with van der Waals surface area (Å²) >= 11 is 0. The van der Waals surface area contributed by atoms with E-state index in [1.54, 1.807) is 12.1 Å². The molecule has 0 atom stereocenters. The second kappa shape index (κ2) is 5.24. The fourth-order valence-corrected chi connectivity index (χ4v) is 2.70. The van der Waals surface area contributed by atoms with Crippen LogP contribution in [0, 0.1) is 0 Å². The smallest absolute Gasteiger partial charge is 0.348 e. The van der Waals surface area contributed by atoms with Crippen LogP contribution in [0.4, 0.5) is 0 Å². The summed E-state index contributed by atoms with van der Waals surface area (Å²) in [4.78, 5) is 24.2. The molecule has 1 saturated carbocycles. The molecule has 21 heavy (non-hydrogen) atoms. The molecule has 1 aromatic carbocycles. The third kappa shape index (κ3) is 2.77. The largest absolute Gasteiger partial charge is 0.508 e. The fourth-order valence-electron chi connectivity index (χ4n) is 2.70. The third-order valence-corrected chi connectivity index (χ3v) is 3.82. The molecule has 0 bridgehead atoms. The van der Waals surface area contributed by atoms with Crippen LogP contribution in [0.25, 0.3) is 6.08 Å². The first-order chi connectivity index (χ1) is 10.1. The Morgan fingerprint density at radius 1 is 0.952 bits per heavy atom. The van der Waals surface area contributed by atoms with E-state index in [0.717, 1.165) is 19.3 Å². The highest BCUT2D eigenvalue weighted by molar-refractivity contribution is 6.18. The predicted molar refractivity (Wildman–Crippen MR) is 74.1 cm³/mol. The molecule has 0 amide bonds. The highest BCUT2D eigenvalue weighted by Crippen LogP contribution is 2.37. The van der Waals surface area contributed by atoms with E-state index >= 15 is 0 Å². The number of hydrogen-bond acceptors (Lipinski definition) is 5. The van der Waals surface area contributed by atoms with Crippen molar-refractivity contribution in [3.05, 3.63) is 35.4 Å². The van der Waals surface area contributed by atoms with E-state index < -0.39 is 17.7 Å². The Labute approximate surface area is 122 Å². The van der Waals surface area contributed by atoms with E-state index in [1.807, 2.05) is 0 Å². The molecular weight excluding hydrogens is 272 g/mol. The lowest BCUT2D eigenvalue weighted by Gasteiger charge is -2.38. The Balaban J connectivity index is 1.83. The van der Waals surface area contributed by atoms with Crippen molar-refractivity contribution in [3.8, 4) is 5.75 Å². The third-order valence-electron chi connectivity index (χ3n) is 3.82. The van der Waals surface area contributed by atoms with E-state index in [-0.39, 0.29) is 11.3 Å². The molecule has 0 unspecified atom stereocenters. The van der Waals surface area contributed by atoms with Crippen LogP contribution in [0.5, 0.6) is 5.75 Å². The zero-order valence-corrected chi connectivity index (χ0v) is 11.5. The van der Waals surface area contributed by atoms with Gasteiger partial charge < -0.3 is 14.6 Å². The standard InChI is InChI=1S/C16H16O5/c17-12-6-4-11(5-7-12)10-13-14(18)20-16(21-15(13)19)8-2-1-3-9-16/h4-7,10,17H,1-3,8-9H2. The summed E-state index contributed by atoms with van der Waals surface area (Å²) in [5.74, 6) is -2.21. The minimum absolute atomic E-state index is 0.114. The number of benzene rings is 1. The van der Waals surface area contributed by atoms with Crippen LogP contribution in [0.15, 0.2) is 29.8 Å². The summed E-state index contributed by atoms with van der Waals surface area (Å²) in [6, 6.07) is 6.17. The topological polar surface area (TPSA) is 72.8 Å². The number of ether oxygens (including phenoxy) is 2. The highest BCUT2D eigenvalue weighted by Gasteiger charge is 2.46. The number of hydrogen-bond donors (Lipinski definition) is 1. The Hall–Kier alpha value is -2.30. The van der Waals surface area contributed by atoms with Gasteiger partial charge in [-0.1, -0.05) is 18.6 Å². The monoisotopic (exact) mass is 288 g/mol. The molecule has 110 valence electrons. The van der Waals surface area contributed by atoms with Crippen LogP contribution >= 0.6 is 0 Å². The van der Waals surface area contributed by atoms with E-state index in [9.17, 15) is 14.7 Å². The number of rotatable bonds is 1. The minimum atomic E-state index is -1.06. The Morgan fingerprint density at radius 2 is 1.52 bits per heavy atom. The number of carbonyl (C=O) groups is 2. The quantitative estimate of drug-likeness (QED) is 0.488. The van der Waals surface area contributed by atoms with Gasteiger partial charge in [-0.15, -0.1) is 0 Å². The van der Waals surface area contributed by atoms with E-state index in [1.165, 1.54) is 18.2 Å². The van der Waals surface area contributed by atoms with Crippen LogP contribution in [-0.2, 0) is 19.1 Å². The van der Waals surface area contributed by atoms with E-state index in [2.05, 4.69) is 0 Å². The van der Waals surface area contributed by atoms with Crippen LogP contribution in [0.3, 0.4) is 0 Å². The minimum Gasteiger partial charge on any atom is -0.508 e. The van der Waals surface area contributed by atoms with Crippen LogP contribution < -0.4 is 0 Å². The normalized spacial score (nSPS) is 20.9. The Bertz CT molecular complexity index is 572. The van der Waals surface area contributed by atoms with Crippen molar-refractivity contribution in [2.24, 2.45) is 0 Å². The number of carbonyl (C=O) groups excluding carboxylic acids is 2. The first-order valence-electron chi connectivity index (χ1n) is 7.05. The first-order valence-corrected chi connectivity index (χ1v) is 7.05. The lowest BCUT2D eigenvalue weighted by molar-refractivity contribution is -0.244. The molecule has 1 heterocycles. The molecule has 5 heteroatoms. The van der Waals surface area contributed by atoms with Crippen molar-refractivity contribution in [1.29, 1.82) is 0 Å². The lowest BCUT2D eigenvalue weighted by atomic mass is 9.93. The van der Waals surface area contributed by atoms with Crippen molar-refractivity contribution in [2.45, 2.75) is 37.9 Å². The zero-order valence-electron chi connectivity index (χ0n) is 11.5. The average Bonchev–Trinajstić information content (AvgIpc) is 2.46. The number of aromatic hydroxyl groups is 1. The predicted octanol–water partition coefficient (Wildman–Crippen LogP) is 2.54. The van der Waals surface area contributed by atoms with Crippen molar-refractivity contribution in [3.63, 3.8) is 0 Å². The highest BCUT2D eigenvalue weighted by atomic mass is 16.7. The van der Waals surface area contributed by atoms with Crippen molar-refractivity contribution in [2.75, 3.05) is 0 Å². The maximum Gasteiger partial charge on any atom is 0.348 e. The van der Waals surface area contributed by atoms with Crippen molar-refractivity contribution in [1.82, 2.24) is 0 Å². The molecule has 1 N–H and O–H groups in total. The van der Waals surface area contributed by atoms with E-state index in [0.29, 0.717) is 18.4 Å². The summed E-state index contributed by atoms with van der Waals surface area (Å²) in [6.07, 6.45) is 5.38. The molecule has 1 spiro atoms. The molecule has 2 fully saturated rings. The summed E-state index contributed by atoms with van der Waals surface area (Å²) in [5.41, 5.74) is 0.508. The lowest BCUT2D eigenvalue weighted by Crippen LogP contribution is -2.47. The van der Waals surface area contributed by atoms with Gasteiger partial charge in [-0.25, -0.2) is 9.59 Å². The molecule has 0 aromatic heterocycles. The fraction of sp³-hybridized carbons (Fsp3) is 0.375. The molecular formula is C16H16O5. The van der Waals surface area contributed by atoms with Gasteiger partial charge >= 0.3 is 11.9 Å². The summed E-state index contributed by atoms with van der Waals surface area (Å²) in [7, 11) is 0. The van der Waals surface area contributed by atoms with Gasteiger partial charge in [0.1, 0.15) is 11.3 Å². The van der Waals surface area contributed by atoms with Crippen LogP contribution in [-0.4, -0.2) is 22.8 Å². The average molecular weight is 288 g/mol. The zero-order chi connectivity index (χ0) is 14.9. The molecule has 3 rings (SSSR count). The van der Waals surface area contributed by atoms with Gasteiger partial charge in [0.2, 0.25) is 0 Å². The SMILES string of the molecule is O=C1OC2(CCCCC2)OC(=O)C1=Cc1ccc(O)cc1. The van der Waals surface area contributed by atoms with Gasteiger partial charge in [0.05, 0.1) is 0 Å². The van der Waals surface area contributed by atoms with Gasteiger partial charge in [-0.05, 0) is 36.6 Å². The second-order valence-electron chi connectivity index (χ2n) is 5.40. The van der Waals surface area contributed by atoms with Crippen LogP contribution in [0.2, 0.25) is 0 Å². The number of phenols is 1. The van der Waals surface area contributed by atoms with Gasteiger partial charge in [-0.2, -0.15) is 0 Å². The molecule has 1 saturated heterocycles. The van der Waals surface area contributed by atoms with Gasteiger partial charge in [0.25, 0.3) is 5.79 Å². The molecule has 1 aliphatic carbocycles. The van der Waals surface area contributed by atoms with E-state index in [4.69, 9.17) is 9.47 Å². The molecule has 1 aliphatic heterocycles. The summed E-state index contributed by atoms with van der Waals surface area (Å²) in [5, 5.41) is 9.23. The molecule has 2 aliphatic rings. The summed E-state index contributed by atoms with van der Waals surface area (Å²) < 4.78 is 10.8. The molecule has 1 aromatic rings. The molecule has 5 nitrogen and oxygen atoms in total. The van der Waals surface area contributed by atoms with Gasteiger partial charge in [0.15, 0.2) is 0 Å². The Morgan fingerprint density at radius 3 is 2.10 bits per heavy atom. The number of phenolic OH excluding ortho intramolecular Hbond substituents is 1. The first kappa shape index (κ1) is 13.7. The van der Waals surface area contributed by atoms with Crippen molar-refractivity contribution >= 4 is 18.0 Å². The van der Waals surface area contributed by atoms with Gasteiger partial charge in [-0.3, -0.25) is 0 Å². The van der Waals surface area contributed by atoms with Gasteiger partial charge in [0, 0.05) is 12.8 Å². The maximum absolute atomic E-state index is 12.1. The molecule has 0 radical (unpaired) electrons. The Kier molecular flexibility index (Phi) is 3.41. The van der Waals surface area contributed by atoms with Crippen molar-refractivity contribution < 1.29 is 24.2 Å². The second-order valence-corrected chi connectivity index (χ2v) is 5.40. The van der Waals surface area contributed by atoms with Crippen LogP contribution in [0.1, 0.15) is 37.7 Å². The summed E-state index contributed by atoms with van der Waals surface area (Å²) in [6.45, 7) is 0. The maximum atomic E-state index is 12.1.